The van der Waals surface area contributed by atoms with Gasteiger partial charge in [-0.1, -0.05) is 12.1 Å². The Balaban J connectivity index is 1.39. The van der Waals surface area contributed by atoms with Gasteiger partial charge in [-0.2, -0.15) is 0 Å². The molecule has 3 heterocycles. The van der Waals surface area contributed by atoms with Crippen LogP contribution in [0.1, 0.15) is 12.1 Å². The zero-order valence-electron chi connectivity index (χ0n) is 14.5. The standard InChI is InChI=1S/C19H19N3O4S/c23-19(14-7-9-27(24,25)13-14)21-15-4-3-5-17(10-15)26-12-16-11-22-8-2-1-6-18(22)20-16/h1-6,8,10-11,14H,7,9,12-13H2,(H,21,23). The fourth-order valence-electron chi connectivity index (χ4n) is 3.12. The minimum absolute atomic E-state index is 0.0766. The van der Waals surface area contributed by atoms with Crippen molar-refractivity contribution in [2.24, 2.45) is 5.92 Å². The quantitative estimate of drug-likeness (QED) is 0.728. The van der Waals surface area contributed by atoms with Gasteiger partial charge < -0.3 is 14.5 Å². The molecule has 1 unspecified atom stereocenters. The topological polar surface area (TPSA) is 89.8 Å². The minimum Gasteiger partial charge on any atom is -0.487 e. The van der Waals surface area contributed by atoms with Crippen LogP contribution >= 0.6 is 0 Å². The molecule has 8 heteroatoms. The molecule has 1 aromatic carbocycles. The Kier molecular flexibility index (Phi) is 4.57. The van der Waals surface area contributed by atoms with Crippen LogP contribution in [0.15, 0.2) is 54.9 Å². The van der Waals surface area contributed by atoms with E-state index in [4.69, 9.17) is 4.74 Å². The summed E-state index contributed by atoms with van der Waals surface area (Å²) in [5.74, 6) is -0.161. The first-order chi connectivity index (χ1) is 13.0. The third-order valence-corrected chi connectivity index (χ3v) is 6.27. The number of nitrogens with zero attached hydrogens (tertiary/aromatic N) is 2. The summed E-state index contributed by atoms with van der Waals surface area (Å²) in [6.45, 7) is 0.306. The molecular formula is C19H19N3O4S. The average molecular weight is 385 g/mol. The SMILES string of the molecule is O=C(Nc1cccc(OCc2cn3ccccc3n2)c1)C1CCS(=O)(=O)C1. The number of rotatable bonds is 5. The zero-order chi connectivity index (χ0) is 18.9. The number of carbonyl (C=O) groups is 1. The average Bonchev–Trinajstić information content (AvgIpc) is 3.23. The van der Waals surface area contributed by atoms with E-state index in [-0.39, 0.29) is 17.4 Å². The van der Waals surface area contributed by atoms with E-state index in [9.17, 15) is 13.2 Å². The van der Waals surface area contributed by atoms with Crippen molar-refractivity contribution < 1.29 is 17.9 Å². The molecule has 2 aromatic heterocycles. The van der Waals surface area contributed by atoms with Crippen molar-refractivity contribution in [3.63, 3.8) is 0 Å². The molecule has 0 radical (unpaired) electrons. The number of imidazole rings is 1. The number of hydrogen-bond acceptors (Lipinski definition) is 5. The van der Waals surface area contributed by atoms with Gasteiger partial charge in [-0.3, -0.25) is 4.79 Å². The predicted molar refractivity (Wildman–Crippen MR) is 101 cm³/mol. The Morgan fingerprint density at radius 1 is 1.26 bits per heavy atom. The molecule has 0 saturated carbocycles. The maximum atomic E-state index is 12.3. The van der Waals surface area contributed by atoms with Gasteiger partial charge in [0.05, 0.1) is 23.1 Å². The Morgan fingerprint density at radius 3 is 2.93 bits per heavy atom. The second-order valence-electron chi connectivity index (χ2n) is 6.60. The lowest BCUT2D eigenvalue weighted by Gasteiger charge is -2.11. The van der Waals surface area contributed by atoms with Gasteiger partial charge in [-0.15, -0.1) is 0 Å². The molecule has 140 valence electrons. The van der Waals surface area contributed by atoms with Crippen LogP contribution in [-0.4, -0.2) is 35.2 Å². The maximum absolute atomic E-state index is 12.3. The molecule has 1 amide bonds. The molecule has 1 atom stereocenters. The Hall–Kier alpha value is -2.87. The van der Waals surface area contributed by atoms with Crippen LogP contribution in [0.4, 0.5) is 5.69 Å². The van der Waals surface area contributed by atoms with E-state index < -0.39 is 15.8 Å². The lowest BCUT2D eigenvalue weighted by Crippen LogP contribution is -2.23. The lowest BCUT2D eigenvalue weighted by atomic mass is 10.1. The number of nitrogens with one attached hydrogen (secondary N) is 1. The van der Waals surface area contributed by atoms with Gasteiger partial charge >= 0.3 is 0 Å². The van der Waals surface area contributed by atoms with Crippen LogP contribution in [0.5, 0.6) is 5.75 Å². The summed E-state index contributed by atoms with van der Waals surface area (Å²) >= 11 is 0. The molecule has 1 fully saturated rings. The van der Waals surface area contributed by atoms with Crippen LogP contribution in [0, 0.1) is 5.92 Å². The summed E-state index contributed by atoms with van der Waals surface area (Å²) in [6, 6.07) is 12.8. The fourth-order valence-corrected chi connectivity index (χ4v) is 4.87. The molecule has 3 aromatic rings. The number of aromatic nitrogens is 2. The lowest BCUT2D eigenvalue weighted by molar-refractivity contribution is -0.119. The van der Waals surface area contributed by atoms with Gasteiger partial charge in [0, 0.05) is 24.1 Å². The summed E-state index contributed by atoms with van der Waals surface area (Å²) in [4.78, 5) is 16.7. The first kappa shape index (κ1) is 17.5. The molecule has 7 nitrogen and oxygen atoms in total. The van der Waals surface area contributed by atoms with Crippen LogP contribution in [0.2, 0.25) is 0 Å². The highest BCUT2D eigenvalue weighted by molar-refractivity contribution is 7.91. The van der Waals surface area contributed by atoms with Crippen LogP contribution in [-0.2, 0) is 21.2 Å². The van der Waals surface area contributed by atoms with Crippen molar-refractivity contribution in [1.29, 1.82) is 0 Å². The molecule has 4 rings (SSSR count). The normalized spacial score (nSPS) is 18.4. The summed E-state index contributed by atoms with van der Waals surface area (Å²) in [7, 11) is -3.09. The fraction of sp³-hybridized carbons (Fsp3) is 0.263. The van der Waals surface area contributed by atoms with E-state index in [1.807, 2.05) is 35.0 Å². The number of anilines is 1. The zero-order valence-corrected chi connectivity index (χ0v) is 15.4. The molecule has 1 aliphatic heterocycles. The number of pyridine rings is 1. The molecule has 0 aliphatic carbocycles. The first-order valence-electron chi connectivity index (χ1n) is 8.65. The summed E-state index contributed by atoms with van der Waals surface area (Å²) in [6.07, 6.45) is 4.20. The van der Waals surface area contributed by atoms with Gasteiger partial charge in [-0.05, 0) is 30.7 Å². The van der Waals surface area contributed by atoms with E-state index in [0.29, 0.717) is 24.5 Å². The maximum Gasteiger partial charge on any atom is 0.228 e. The third kappa shape index (κ3) is 4.11. The van der Waals surface area contributed by atoms with Crippen molar-refractivity contribution in [3.8, 4) is 5.75 Å². The van der Waals surface area contributed by atoms with Gasteiger partial charge in [0.1, 0.15) is 18.0 Å². The smallest absolute Gasteiger partial charge is 0.228 e. The number of ether oxygens (including phenoxy) is 1. The monoisotopic (exact) mass is 385 g/mol. The van der Waals surface area contributed by atoms with E-state index in [0.717, 1.165) is 11.3 Å². The number of carbonyl (C=O) groups excluding carboxylic acids is 1. The Morgan fingerprint density at radius 2 is 2.15 bits per heavy atom. The second kappa shape index (κ2) is 7.03. The van der Waals surface area contributed by atoms with E-state index in [1.54, 1.807) is 24.3 Å². The van der Waals surface area contributed by atoms with Crippen molar-refractivity contribution >= 4 is 27.1 Å². The Bertz CT molecular complexity index is 1060. The number of benzene rings is 1. The minimum atomic E-state index is -3.09. The van der Waals surface area contributed by atoms with Crippen LogP contribution in [0.3, 0.4) is 0 Å². The molecule has 1 aliphatic rings. The van der Waals surface area contributed by atoms with Gasteiger partial charge in [0.15, 0.2) is 9.84 Å². The third-order valence-electron chi connectivity index (χ3n) is 4.51. The molecule has 0 bridgehead atoms. The number of fused-ring (bicyclic) bond motifs is 1. The second-order valence-corrected chi connectivity index (χ2v) is 8.83. The van der Waals surface area contributed by atoms with Gasteiger partial charge in [0.25, 0.3) is 0 Å². The Labute approximate surface area is 156 Å². The van der Waals surface area contributed by atoms with E-state index >= 15 is 0 Å². The van der Waals surface area contributed by atoms with Crippen molar-refractivity contribution in [2.75, 3.05) is 16.8 Å². The molecular weight excluding hydrogens is 366 g/mol. The summed E-state index contributed by atoms with van der Waals surface area (Å²) < 4.78 is 30.8. The first-order valence-corrected chi connectivity index (χ1v) is 10.5. The highest BCUT2D eigenvalue weighted by Gasteiger charge is 2.32. The van der Waals surface area contributed by atoms with E-state index in [1.165, 1.54) is 0 Å². The number of sulfone groups is 1. The van der Waals surface area contributed by atoms with Gasteiger partial charge in [0.2, 0.25) is 5.91 Å². The summed E-state index contributed by atoms with van der Waals surface area (Å²) in [5, 5.41) is 2.78. The van der Waals surface area contributed by atoms with Gasteiger partial charge in [-0.25, -0.2) is 13.4 Å². The molecule has 27 heavy (non-hydrogen) atoms. The molecule has 0 spiro atoms. The van der Waals surface area contributed by atoms with Crippen LogP contribution in [0.25, 0.3) is 5.65 Å². The molecule has 1 N–H and O–H groups in total. The summed E-state index contributed by atoms with van der Waals surface area (Å²) in [5.41, 5.74) is 2.23. The van der Waals surface area contributed by atoms with E-state index in [2.05, 4.69) is 10.3 Å². The molecule has 1 saturated heterocycles. The van der Waals surface area contributed by atoms with Crippen molar-refractivity contribution in [1.82, 2.24) is 9.38 Å². The predicted octanol–water partition coefficient (Wildman–Crippen LogP) is 2.29. The number of amides is 1. The highest BCUT2D eigenvalue weighted by Crippen LogP contribution is 2.23. The highest BCUT2D eigenvalue weighted by atomic mass is 32.2. The van der Waals surface area contributed by atoms with Crippen molar-refractivity contribution in [3.05, 3.63) is 60.6 Å². The van der Waals surface area contributed by atoms with Crippen LogP contribution < -0.4 is 10.1 Å². The largest absolute Gasteiger partial charge is 0.487 e. The van der Waals surface area contributed by atoms with Crippen molar-refractivity contribution in [2.45, 2.75) is 13.0 Å². The number of hydrogen-bond donors (Lipinski definition) is 1.